The summed E-state index contributed by atoms with van der Waals surface area (Å²) < 4.78 is 34.1. The second-order valence-corrected chi connectivity index (χ2v) is 5.01. The van der Waals surface area contributed by atoms with Gasteiger partial charge >= 0.3 is 6.61 Å². The van der Waals surface area contributed by atoms with E-state index in [1.54, 1.807) is 12.1 Å². The Morgan fingerprint density at radius 1 is 1.35 bits per heavy atom. The zero-order valence-electron chi connectivity index (χ0n) is 11.4. The van der Waals surface area contributed by atoms with E-state index in [1.165, 1.54) is 13.2 Å². The minimum atomic E-state index is -2.89. The van der Waals surface area contributed by atoms with Crippen molar-refractivity contribution in [2.24, 2.45) is 0 Å². The molecule has 0 aromatic heterocycles. The van der Waals surface area contributed by atoms with Crippen molar-refractivity contribution in [1.82, 2.24) is 5.32 Å². The smallest absolute Gasteiger partial charge is 0.387 e. The lowest BCUT2D eigenvalue weighted by Gasteiger charge is -2.41. The lowest BCUT2D eigenvalue weighted by molar-refractivity contribution is -0.0512. The van der Waals surface area contributed by atoms with Crippen molar-refractivity contribution in [3.8, 4) is 11.5 Å². The molecule has 0 bridgehead atoms. The fourth-order valence-corrected chi connectivity index (χ4v) is 2.30. The van der Waals surface area contributed by atoms with Crippen molar-refractivity contribution in [2.45, 2.75) is 38.0 Å². The van der Waals surface area contributed by atoms with Gasteiger partial charge < -0.3 is 19.9 Å². The minimum Gasteiger partial charge on any atom is -0.493 e. The van der Waals surface area contributed by atoms with Gasteiger partial charge in [-0.2, -0.15) is 8.78 Å². The first-order valence-electron chi connectivity index (χ1n) is 6.56. The summed E-state index contributed by atoms with van der Waals surface area (Å²) in [6.45, 7) is -2.31. The predicted octanol–water partition coefficient (Wildman–Crippen LogP) is 2.30. The Morgan fingerprint density at radius 2 is 2.10 bits per heavy atom. The number of benzene rings is 1. The Morgan fingerprint density at radius 3 is 2.60 bits per heavy atom. The van der Waals surface area contributed by atoms with E-state index in [9.17, 15) is 13.9 Å². The second-order valence-electron chi connectivity index (χ2n) is 5.01. The summed E-state index contributed by atoms with van der Waals surface area (Å²) in [6.07, 6.45) is 2.95. The number of rotatable bonds is 7. The molecule has 112 valence electrons. The van der Waals surface area contributed by atoms with E-state index in [4.69, 9.17) is 4.74 Å². The van der Waals surface area contributed by atoms with Gasteiger partial charge in [0.15, 0.2) is 11.5 Å². The molecule has 0 heterocycles. The highest BCUT2D eigenvalue weighted by molar-refractivity contribution is 5.43. The van der Waals surface area contributed by atoms with E-state index in [-0.39, 0.29) is 23.6 Å². The molecule has 1 aliphatic rings. The standard InChI is InChI=1S/C14H19F2NO3/c1-19-11-4-3-10(7-12(11)20-13(15)16)8-17-14(9-18)5-2-6-14/h3-4,7,13,17-18H,2,5-6,8-9H2,1H3. The monoisotopic (exact) mass is 287 g/mol. The van der Waals surface area contributed by atoms with Crippen LogP contribution in [0.2, 0.25) is 0 Å². The van der Waals surface area contributed by atoms with Crippen LogP contribution in [0.1, 0.15) is 24.8 Å². The normalized spacial score (nSPS) is 16.9. The minimum absolute atomic E-state index is 0.0217. The van der Waals surface area contributed by atoms with Crippen molar-refractivity contribution < 1.29 is 23.4 Å². The van der Waals surface area contributed by atoms with Crippen LogP contribution in [-0.2, 0) is 6.54 Å². The first-order valence-corrected chi connectivity index (χ1v) is 6.56. The molecular weight excluding hydrogens is 268 g/mol. The average Bonchev–Trinajstić information content (AvgIpc) is 2.37. The molecule has 6 heteroatoms. The number of halogens is 2. The van der Waals surface area contributed by atoms with Crippen LogP contribution in [-0.4, -0.2) is 31.0 Å². The molecule has 0 radical (unpaired) electrons. The van der Waals surface area contributed by atoms with Gasteiger partial charge in [0.25, 0.3) is 0 Å². The Hall–Kier alpha value is -1.40. The molecule has 1 aromatic rings. The van der Waals surface area contributed by atoms with Gasteiger partial charge in [-0.05, 0) is 37.0 Å². The van der Waals surface area contributed by atoms with E-state index < -0.39 is 6.61 Å². The van der Waals surface area contributed by atoms with E-state index in [0.29, 0.717) is 6.54 Å². The predicted molar refractivity (Wildman–Crippen MR) is 70.1 cm³/mol. The Labute approximate surface area is 116 Å². The SMILES string of the molecule is COc1ccc(CNC2(CO)CCC2)cc1OC(F)F. The fraction of sp³-hybridized carbons (Fsp3) is 0.571. The highest BCUT2D eigenvalue weighted by Crippen LogP contribution is 2.33. The Bertz CT molecular complexity index is 445. The van der Waals surface area contributed by atoms with Crippen molar-refractivity contribution in [2.75, 3.05) is 13.7 Å². The molecule has 0 spiro atoms. The average molecular weight is 287 g/mol. The number of alkyl halides is 2. The van der Waals surface area contributed by atoms with E-state index in [2.05, 4.69) is 10.1 Å². The molecule has 4 nitrogen and oxygen atoms in total. The van der Waals surface area contributed by atoms with Crippen molar-refractivity contribution in [1.29, 1.82) is 0 Å². The first kappa shape index (κ1) is 15.0. The lowest BCUT2D eigenvalue weighted by atomic mass is 9.77. The van der Waals surface area contributed by atoms with Gasteiger partial charge in [-0.1, -0.05) is 6.07 Å². The number of ether oxygens (including phenoxy) is 2. The first-order chi connectivity index (χ1) is 9.58. The molecule has 1 aromatic carbocycles. The van der Waals surface area contributed by atoms with Crippen LogP contribution in [0.5, 0.6) is 11.5 Å². The quantitative estimate of drug-likeness (QED) is 0.808. The second kappa shape index (κ2) is 6.37. The van der Waals surface area contributed by atoms with Crippen LogP contribution < -0.4 is 14.8 Å². The molecule has 2 N–H and O–H groups in total. The topological polar surface area (TPSA) is 50.7 Å². The van der Waals surface area contributed by atoms with Gasteiger partial charge in [-0.25, -0.2) is 0 Å². The molecule has 20 heavy (non-hydrogen) atoms. The summed E-state index contributed by atoms with van der Waals surface area (Å²) in [4.78, 5) is 0. The third kappa shape index (κ3) is 3.37. The number of aliphatic hydroxyl groups is 1. The number of hydrogen-bond acceptors (Lipinski definition) is 4. The summed E-state index contributed by atoms with van der Waals surface area (Å²) in [7, 11) is 1.40. The zero-order valence-corrected chi connectivity index (χ0v) is 11.4. The highest BCUT2D eigenvalue weighted by atomic mass is 19.3. The number of methoxy groups -OCH3 is 1. The van der Waals surface area contributed by atoms with Gasteiger partial charge in [0, 0.05) is 12.1 Å². The lowest BCUT2D eigenvalue weighted by Crippen LogP contribution is -2.53. The number of aliphatic hydroxyl groups excluding tert-OH is 1. The molecule has 1 aliphatic carbocycles. The third-order valence-corrected chi connectivity index (χ3v) is 3.72. The molecule has 0 aliphatic heterocycles. The summed E-state index contributed by atoms with van der Waals surface area (Å²) in [5.41, 5.74) is 0.588. The van der Waals surface area contributed by atoms with Gasteiger partial charge in [0.2, 0.25) is 0 Å². The largest absolute Gasteiger partial charge is 0.493 e. The molecule has 0 saturated heterocycles. The number of hydrogen-bond donors (Lipinski definition) is 2. The summed E-state index contributed by atoms with van der Waals surface area (Å²) >= 11 is 0. The maximum atomic E-state index is 12.3. The van der Waals surface area contributed by atoms with E-state index in [0.717, 1.165) is 24.8 Å². The van der Waals surface area contributed by atoms with Gasteiger partial charge in [-0.3, -0.25) is 0 Å². The van der Waals surface area contributed by atoms with Crippen LogP contribution in [0.3, 0.4) is 0 Å². The van der Waals surface area contributed by atoms with Crippen LogP contribution in [0, 0.1) is 0 Å². The van der Waals surface area contributed by atoms with Gasteiger partial charge in [0.1, 0.15) is 0 Å². The highest BCUT2D eigenvalue weighted by Gasteiger charge is 2.35. The van der Waals surface area contributed by atoms with Crippen LogP contribution >= 0.6 is 0 Å². The van der Waals surface area contributed by atoms with Crippen LogP contribution in [0.15, 0.2) is 18.2 Å². The van der Waals surface area contributed by atoms with Crippen LogP contribution in [0.25, 0.3) is 0 Å². The van der Waals surface area contributed by atoms with E-state index in [1.807, 2.05) is 0 Å². The maximum absolute atomic E-state index is 12.3. The molecule has 0 amide bonds. The Balaban J connectivity index is 2.04. The van der Waals surface area contributed by atoms with E-state index >= 15 is 0 Å². The molecular formula is C14H19F2NO3. The van der Waals surface area contributed by atoms with Crippen molar-refractivity contribution >= 4 is 0 Å². The fourth-order valence-electron chi connectivity index (χ4n) is 2.30. The maximum Gasteiger partial charge on any atom is 0.387 e. The molecule has 2 rings (SSSR count). The van der Waals surface area contributed by atoms with Gasteiger partial charge in [0.05, 0.1) is 13.7 Å². The van der Waals surface area contributed by atoms with Crippen molar-refractivity contribution in [3.63, 3.8) is 0 Å². The molecule has 1 fully saturated rings. The van der Waals surface area contributed by atoms with Crippen LogP contribution in [0.4, 0.5) is 8.78 Å². The zero-order chi connectivity index (χ0) is 14.6. The third-order valence-electron chi connectivity index (χ3n) is 3.72. The summed E-state index contributed by atoms with van der Waals surface area (Å²) in [5.74, 6) is 0.294. The molecule has 1 saturated carbocycles. The summed E-state index contributed by atoms with van der Waals surface area (Å²) in [6, 6.07) is 4.91. The summed E-state index contributed by atoms with van der Waals surface area (Å²) in [5, 5.41) is 12.6. The number of nitrogens with one attached hydrogen (secondary N) is 1. The Kier molecular flexibility index (Phi) is 4.77. The van der Waals surface area contributed by atoms with Crippen molar-refractivity contribution in [3.05, 3.63) is 23.8 Å². The molecule has 0 atom stereocenters. The molecule has 0 unspecified atom stereocenters. The van der Waals surface area contributed by atoms with Gasteiger partial charge in [-0.15, -0.1) is 0 Å².